The van der Waals surface area contributed by atoms with Gasteiger partial charge in [0.25, 0.3) is 0 Å². The van der Waals surface area contributed by atoms with Gasteiger partial charge in [0.1, 0.15) is 0 Å². The van der Waals surface area contributed by atoms with E-state index < -0.39 is 0 Å². The van der Waals surface area contributed by atoms with Gasteiger partial charge in [-0.15, -0.1) is 5.10 Å². The maximum absolute atomic E-state index is 12.4. The maximum atomic E-state index is 12.4. The number of amides is 1. The quantitative estimate of drug-likeness (QED) is 0.697. The highest BCUT2D eigenvalue weighted by Gasteiger charge is 2.17. The molecule has 0 fully saturated rings. The first-order valence-electron chi connectivity index (χ1n) is 7.48. The second-order valence-corrected chi connectivity index (χ2v) is 6.14. The van der Waals surface area contributed by atoms with Crippen molar-refractivity contribution in [2.45, 2.75) is 11.2 Å². The predicted molar refractivity (Wildman–Crippen MR) is 92.4 cm³/mol. The van der Waals surface area contributed by atoms with Gasteiger partial charge in [0.15, 0.2) is 0 Å². The summed E-state index contributed by atoms with van der Waals surface area (Å²) in [5.41, 5.74) is 2.09. The Morgan fingerprint density at radius 2 is 1.67 bits per heavy atom. The molecule has 24 heavy (non-hydrogen) atoms. The van der Waals surface area contributed by atoms with Gasteiger partial charge in [0.2, 0.25) is 11.1 Å². The van der Waals surface area contributed by atoms with Crippen molar-refractivity contribution in [3.63, 3.8) is 0 Å². The van der Waals surface area contributed by atoms with E-state index in [0.29, 0.717) is 5.16 Å². The minimum atomic E-state index is -0.182. The molecule has 3 rings (SSSR count). The Kier molecular flexibility index (Phi) is 5.22. The van der Waals surface area contributed by atoms with Crippen LogP contribution in [0.4, 0.5) is 0 Å². The van der Waals surface area contributed by atoms with Crippen molar-refractivity contribution in [3.8, 4) is 0 Å². The minimum absolute atomic E-state index is 0.0688. The van der Waals surface area contributed by atoms with Crippen molar-refractivity contribution in [1.29, 1.82) is 0 Å². The molecule has 0 aliphatic rings. The van der Waals surface area contributed by atoms with Crippen LogP contribution in [-0.2, 0) is 11.8 Å². The lowest BCUT2D eigenvalue weighted by molar-refractivity contribution is -0.119. The predicted octanol–water partition coefficient (Wildman–Crippen LogP) is 2.21. The smallest absolute Gasteiger partial charge is 0.231 e. The molecule has 6 nitrogen and oxygen atoms in total. The lowest BCUT2D eigenvalue weighted by Crippen LogP contribution is -2.30. The number of nitrogens with zero attached hydrogens (tertiary/aromatic N) is 4. The van der Waals surface area contributed by atoms with E-state index in [1.54, 1.807) is 11.7 Å². The third-order valence-electron chi connectivity index (χ3n) is 3.48. The first kappa shape index (κ1) is 16.2. The average molecular weight is 339 g/mol. The van der Waals surface area contributed by atoms with E-state index in [9.17, 15) is 4.79 Å². The zero-order valence-electron chi connectivity index (χ0n) is 13.2. The molecule has 0 aliphatic carbocycles. The SMILES string of the molecule is Cn1nnnc1SCC(=O)NC(c1ccccc1)c1ccccc1. The standard InChI is InChI=1S/C17H17N5OS/c1-22-17(19-20-21-22)24-12-15(23)18-16(13-8-4-2-5-9-13)14-10-6-3-7-11-14/h2-11,16H,12H2,1H3,(H,18,23). The van der Waals surface area contributed by atoms with Gasteiger partial charge in [-0.25, -0.2) is 4.68 Å². The average Bonchev–Trinajstić information content (AvgIpc) is 3.04. The van der Waals surface area contributed by atoms with Gasteiger partial charge in [-0.3, -0.25) is 4.79 Å². The van der Waals surface area contributed by atoms with E-state index in [1.165, 1.54) is 11.8 Å². The highest BCUT2D eigenvalue weighted by atomic mass is 32.2. The first-order valence-corrected chi connectivity index (χ1v) is 8.47. The lowest BCUT2D eigenvalue weighted by Gasteiger charge is -2.19. The molecule has 1 aromatic heterocycles. The lowest BCUT2D eigenvalue weighted by atomic mass is 9.99. The highest BCUT2D eigenvalue weighted by Crippen LogP contribution is 2.22. The van der Waals surface area contributed by atoms with Gasteiger partial charge in [-0.2, -0.15) is 0 Å². The van der Waals surface area contributed by atoms with Gasteiger partial charge in [0.05, 0.1) is 11.8 Å². The van der Waals surface area contributed by atoms with Crippen LogP contribution >= 0.6 is 11.8 Å². The number of carbonyl (C=O) groups is 1. The number of aryl methyl sites for hydroxylation is 1. The molecule has 3 aromatic rings. The number of rotatable bonds is 6. The number of aromatic nitrogens is 4. The largest absolute Gasteiger partial charge is 0.344 e. The molecular weight excluding hydrogens is 322 g/mol. The van der Waals surface area contributed by atoms with Crippen LogP contribution in [-0.4, -0.2) is 31.9 Å². The molecule has 0 unspecified atom stereocenters. The van der Waals surface area contributed by atoms with Crippen LogP contribution in [0.2, 0.25) is 0 Å². The molecule has 1 N–H and O–H groups in total. The molecule has 1 amide bonds. The Labute approximate surface area is 144 Å². The van der Waals surface area contributed by atoms with E-state index in [1.807, 2.05) is 60.7 Å². The fraction of sp³-hybridized carbons (Fsp3) is 0.176. The molecule has 1 heterocycles. The van der Waals surface area contributed by atoms with Crippen molar-refractivity contribution < 1.29 is 4.79 Å². The summed E-state index contributed by atoms with van der Waals surface area (Å²) in [7, 11) is 1.75. The monoisotopic (exact) mass is 339 g/mol. The highest BCUT2D eigenvalue weighted by molar-refractivity contribution is 7.99. The van der Waals surface area contributed by atoms with Crippen molar-refractivity contribution in [2.24, 2.45) is 7.05 Å². The van der Waals surface area contributed by atoms with Crippen LogP contribution in [0.1, 0.15) is 17.2 Å². The van der Waals surface area contributed by atoms with Crippen LogP contribution in [0.3, 0.4) is 0 Å². The number of carbonyl (C=O) groups excluding carboxylic acids is 1. The molecule has 0 bridgehead atoms. The third-order valence-corrected chi connectivity index (χ3v) is 4.50. The Hall–Kier alpha value is -2.67. The van der Waals surface area contributed by atoms with Crippen LogP contribution in [0.15, 0.2) is 65.8 Å². The molecule has 0 aliphatic heterocycles. The zero-order chi connectivity index (χ0) is 16.8. The van der Waals surface area contributed by atoms with E-state index in [4.69, 9.17) is 0 Å². The summed E-state index contributed by atoms with van der Waals surface area (Å²) in [6.07, 6.45) is 0. The van der Waals surface area contributed by atoms with Crippen molar-refractivity contribution in [3.05, 3.63) is 71.8 Å². The Bertz CT molecular complexity index is 752. The van der Waals surface area contributed by atoms with Crippen LogP contribution < -0.4 is 5.32 Å². The number of hydrogen-bond donors (Lipinski definition) is 1. The Balaban J connectivity index is 1.72. The van der Waals surface area contributed by atoms with Crippen LogP contribution in [0.25, 0.3) is 0 Å². The summed E-state index contributed by atoms with van der Waals surface area (Å²) in [5, 5.41) is 14.9. The molecule has 0 radical (unpaired) electrons. The summed E-state index contributed by atoms with van der Waals surface area (Å²) in [4.78, 5) is 12.4. The summed E-state index contributed by atoms with van der Waals surface area (Å²) in [5.74, 6) is 0.186. The Morgan fingerprint density at radius 3 is 2.17 bits per heavy atom. The number of tetrazole rings is 1. The summed E-state index contributed by atoms with van der Waals surface area (Å²) in [6, 6.07) is 19.7. The van der Waals surface area contributed by atoms with Gasteiger partial charge in [-0.05, 0) is 21.6 Å². The van der Waals surface area contributed by atoms with Gasteiger partial charge in [0, 0.05) is 7.05 Å². The van der Waals surface area contributed by atoms with E-state index >= 15 is 0 Å². The molecule has 0 saturated carbocycles. The van der Waals surface area contributed by atoms with Crippen molar-refractivity contribution in [2.75, 3.05) is 5.75 Å². The van der Waals surface area contributed by atoms with E-state index in [2.05, 4.69) is 20.8 Å². The summed E-state index contributed by atoms with van der Waals surface area (Å²) in [6.45, 7) is 0. The Morgan fingerprint density at radius 1 is 1.08 bits per heavy atom. The molecule has 0 spiro atoms. The fourth-order valence-corrected chi connectivity index (χ4v) is 2.99. The fourth-order valence-electron chi connectivity index (χ4n) is 2.33. The number of hydrogen-bond acceptors (Lipinski definition) is 5. The number of thioether (sulfide) groups is 1. The topological polar surface area (TPSA) is 72.7 Å². The van der Waals surface area contributed by atoms with Gasteiger partial charge < -0.3 is 5.32 Å². The molecule has 2 aromatic carbocycles. The van der Waals surface area contributed by atoms with Gasteiger partial charge >= 0.3 is 0 Å². The molecule has 7 heteroatoms. The number of benzene rings is 2. The first-order chi connectivity index (χ1) is 11.7. The van der Waals surface area contributed by atoms with E-state index in [0.717, 1.165) is 11.1 Å². The number of nitrogens with one attached hydrogen (secondary N) is 1. The molecule has 0 atom stereocenters. The van der Waals surface area contributed by atoms with Crippen LogP contribution in [0, 0.1) is 0 Å². The normalized spacial score (nSPS) is 10.8. The minimum Gasteiger partial charge on any atom is -0.344 e. The van der Waals surface area contributed by atoms with Crippen molar-refractivity contribution >= 4 is 17.7 Å². The maximum Gasteiger partial charge on any atom is 0.231 e. The van der Waals surface area contributed by atoms with Crippen molar-refractivity contribution in [1.82, 2.24) is 25.5 Å². The molecule has 0 saturated heterocycles. The van der Waals surface area contributed by atoms with E-state index in [-0.39, 0.29) is 17.7 Å². The second kappa shape index (κ2) is 7.74. The summed E-state index contributed by atoms with van der Waals surface area (Å²) < 4.78 is 1.55. The zero-order valence-corrected chi connectivity index (χ0v) is 14.0. The van der Waals surface area contributed by atoms with Gasteiger partial charge in [-0.1, -0.05) is 72.4 Å². The molecular formula is C17H17N5OS. The third kappa shape index (κ3) is 3.99. The second-order valence-electron chi connectivity index (χ2n) is 5.20. The molecule has 122 valence electrons. The summed E-state index contributed by atoms with van der Waals surface area (Å²) >= 11 is 1.31. The van der Waals surface area contributed by atoms with Crippen LogP contribution in [0.5, 0.6) is 0 Å².